The van der Waals surface area contributed by atoms with Crippen LogP contribution in [-0.4, -0.2) is 48.0 Å². The van der Waals surface area contributed by atoms with Crippen molar-refractivity contribution in [2.24, 2.45) is 0 Å². The molecule has 0 saturated carbocycles. The van der Waals surface area contributed by atoms with E-state index in [4.69, 9.17) is 51.4 Å². The summed E-state index contributed by atoms with van der Waals surface area (Å²) in [5.41, 5.74) is 2.08. The summed E-state index contributed by atoms with van der Waals surface area (Å²) in [5, 5.41) is 6.92. The van der Waals surface area contributed by atoms with E-state index in [1.807, 2.05) is 24.0 Å². The summed E-state index contributed by atoms with van der Waals surface area (Å²) in [6, 6.07) is 13.8. The quantitative estimate of drug-likeness (QED) is 0.365. The number of furan rings is 1. The van der Waals surface area contributed by atoms with Gasteiger partial charge in [-0.15, -0.1) is 0 Å². The number of nitrogens with one attached hydrogen (secondary N) is 2. The van der Waals surface area contributed by atoms with Gasteiger partial charge in [-0.05, 0) is 54.7 Å². The van der Waals surface area contributed by atoms with E-state index in [2.05, 4.69) is 15.5 Å². The van der Waals surface area contributed by atoms with Gasteiger partial charge in [0.05, 0.1) is 20.8 Å². The van der Waals surface area contributed by atoms with Crippen LogP contribution in [0.25, 0.3) is 11.3 Å². The zero-order valence-corrected chi connectivity index (χ0v) is 22.4. The van der Waals surface area contributed by atoms with Crippen molar-refractivity contribution in [3.05, 3.63) is 69.4 Å². The van der Waals surface area contributed by atoms with Crippen molar-refractivity contribution in [3.8, 4) is 11.3 Å². The summed E-state index contributed by atoms with van der Waals surface area (Å²) in [6.07, 6.45) is 0.509. The Labute approximate surface area is 229 Å². The fourth-order valence-corrected chi connectivity index (χ4v) is 4.79. The molecule has 2 aromatic carbocycles. The van der Waals surface area contributed by atoms with Crippen molar-refractivity contribution in [2.75, 3.05) is 36.4 Å². The van der Waals surface area contributed by atoms with E-state index in [9.17, 15) is 9.59 Å². The summed E-state index contributed by atoms with van der Waals surface area (Å²) in [5.74, 6) is 0.127. The molecule has 7 nitrogen and oxygen atoms in total. The van der Waals surface area contributed by atoms with Crippen molar-refractivity contribution in [3.63, 3.8) is 0 Å². The van der Waals surface area contributed by atoms with E-state index < -0.39 is 5.91 Å². The Kier molecular flexibility index (Phi) is 8.41. The van der Waals surface area contributed by atoms with Crippen LogP contribution >= 0.6 is 47.0 Å². The Balaban J connectivity index is 1.35. The van der Waals surface area contributed by atoms with Crippen LogP contribution in [0.2, 0.25) is 15.1 Å². The Morgan fingerprint density at radius 3 is 2.44 bits per heavy atom. The molecule has 2 heterocycles. The zero-order valence-electron chi connectivity index (χ0n) is 19.3. The van der Waals surface area contributed by atoms with Crippen molar-refractivity contribution in [2.45, 2.75) is 13.3 Å². The molecule has 0 bridgehead atoms. The predicted octanol–water partition coefficient (Wildman–Crippen LogP) is 6.09. The molecule has 36 heavy (non-hydrogen) atoms. The molecular formula is C25H23Cl3N4O3S. The van der Waals surface area contributed by atoms with E-state index in [0.717, 1.165) is 5.69 Å². The lowest BCUT2D eigenvalue weighted by molar-refractivity contribution is -0.131. The van der Waals surface area contributed by atoms with Gasteiger partial charge in [-0.25, -0.2) is 0 Å². The second kappa shape index (κ2) is 11.5. The highest BCUT2D eigenvalue weighted by Gasteiger charge is 2.22. The minimum atomic E-state index is -0.515. The highest BCUT2D eigenvalue weighted by molar-refractivity contribution is 7.80. The summed E-state index contributed by atoms with van der Waals surface area (Å²) in [7, 11) is 0. The lowest BCUT2D eigenvalue weighted by Crippen LogP contribution is -2.48. The first-order chi connectivity index (χ1) is 17.3. The van der Waals surface area contributed by atoms with Crippen LogP contribution in [0.3, 0.4) is 0 Å². The zero-order chi connectivity index (χ0) is 25.8. The lowest BCUT2D eigenvalue weighted by Gasteiger charge is -2.36. The lowest BCUT2D eigenvalue weighted by atomic mass is 10.2. The average Bonchev–Trinajstić information content (AvgIpc) is 3.36. The van der Waals surface area contributed by atoms with Crippen LogP contribution in [0.15, 0.2) is 52.9 Å². The fraction of sp³-hybridized carbons (Fsp3) is 0.240. The van der Waals surface area contributed by atoms with Crippen LogP contribution in [0, 0.1) is 0 Å². The topological polar surface area (TPSA) is 77.8 Å². The van der Waals surface area contributed by atoms with Crippen molar-refractivity contribution in [1.29, 1.82) is 0 Å². The fourth-order valence-electron chi connectivity index (χ4n) is 3.89. The van der Waals surface area contributed by atoms with E-state index in [1.165, 1.54) is 6.07 Å². The summed E-state index contributed by atoms with van der Waals surface area (Å²) >= 11 is 24.1. The molecule has 0 unspecified atom stereocenters. The maximum atomic E-state index is 12.6. The second-order valence-corrected chi connectivity index (χ2v) is 9.66. The molecule has 0 spiro atoms. The Hall–Kier alpha value is -2.78. The van der Waals surface area contributed by atoms with Crippen molar-refractivity contribution >= 4 is 75.3 Å². The molecule has 0 atom stereocenters. The van der Waals surface area contributed by atoms with Gasteiger partial charge in [-0.3, -0.25) is 14.9 Å². The van der Waals surface area contributed by atoms with E-state index in [1.54, 1.807) is 30.3 Å². The van der Waals surface area contributed by atoms with Gasteiger partial charge in [-0.1, -0.05) is 47.8 Å². The molecular weight excluding hydrogens is 543 g/mol. The van der Waals surface area contributed by atoms with Gasteiger partial charge in [0.2, 0.25) is 5.91 Å². The number of hydrogen-bond donors (Lipinski definition) is 2. The molecule has 188 valence electrons. The molecule has 1 saturated heterocycles. The number of rotatable bonds is 5. The second-order valence-electron chi connectivity index (χ2n) is 8.06. The van der Waals surface area contributed by atoms with Crippen LogP contribution < -0.4 is 15.5 Å². The van der Waals surface area contributed by atoms with E-state index >= 15 is 0 Å². The SMILES string of the molecule is CCC(=O)N1CCN(c2ccc(NC(=S)NC(=O)c3ccc(-c4cccc(Cl)c4Cl)o3)cc2Cl)CC1. The molecule has 1 aliphatic rings. The number of anilines is 2. The van der Waals surface area contributed by atoms with Gasteiger partial charge in [0.25, 0.3) is 5.91 Å². The van der Waals surface area contributed by atoms with Gasteiger partial charge in [0, 0.05) is 43.9 Å². The molecule has 0 aliphatic carbocycles. The third-order valence-corrected chi connectivity index (χ3v) is 7.08. The van der Waals surface area contributed by atoms with Gasteiger partial charge in [-0.2, -0.15) is 0 Å². The van der Waals surface area contributed by atoms with Crippen molar-refractivity contribution in [1.82, 2.24) is 10.2 Å². The molecule has 2 N–H and O–H groups in total. The Bertz CT molecular complexity index is 1310. The summed E-state index contributed by atoms with van der Waals surface area (Å²) < 4.78 is 5.66. The number of thiocarbonyl (C=S) groups is 1. The predicted molar refractivity (Wildman–Crippen MR) is 148 cm³/mol. The standard InChI is InChI=1S/C25H23Cl3N4O3S/c1-2-22(33)32-12-10-31(11-13-32)19-7-6-15(14-18(19)27)29-25(36)30-24(34)21-9-8-20(35-21)16-4-3-5-17(26)23(16)28/h3-9,14H,2,10-13H2,1H3,(H2,29,30,34,36). The molecule has 2 amide bonds. The normalized spacial score (nSPS) is 13.4. The molecule has 1 aromatic heterocycles. The van der Waals surface area contributed by atoms with Crippen LogP contribution in [-0.2, 0) is 4.79 Å². The van der Waals surface area contributed by atoms with Gasteiger partial charge in [0.15, 0.2) is 10.9 Å². The van der Waals surface area contributed by atoms with Gasteiger partial charge < -0.3 is 19.5 Å². The number of hydrogen-bond acceptors (Lipinski definition) is 5. The molecule has 3 aromatic rings. The van der Waals surface area contributed by atoms with Crippen LogP contribution in [0.5, 0.6) is 0 Å². The number of nitrogens with zero attached hydrogens (tertiary/aromatic N) is 2. The number of carbonyl (C=O) groups is 2. The summed E-state index contributed by atoms with van der Waals surface area (Å²) in [6.45, 7) is 4.61. The Morgan fingerprint density at radius 1 is 1.00 bits per heavy atom. The Morgan fingerprint density at radius 2 is 1.75 bits per heavy atom. The number of halogens is 3. The maximum absolute atomic E-state index is 12.6. The largest absolute Gasteiger partial charge is 0.451 e. The highest BCUT2D eigenvalue weighted by Crippen LogP contribution is 2.34. The van der Waals surface area contributed by atoms with Crippen molar-refractivity contribution < 1.29 is 14.0 Å². The number of carbonyl (C=O) groups excluding carboxylic acids is 2. The molecule has 1 fully saturated rings. The first-order valence-corrected chi connectivity index (χ1v) is 12.8. The third-order valence-electron chi connectivity index (χ3n) is 5.75. The van der Waals surface area contributed by atoms with E-state index in [0.29, 0.717) is 64.7 Å². The smallest absolute Gasteiger partial charge is 0.293 e. The first kappa shape index (κ1) is 26.3. The van der Waals surface area contributed by atoms with Gasteiger partial charge >= 0.3 is 0 Å². The third kappa shape index (κ3) is 5.95. The molecule has 1 aliphatic heterocycles. The summed E-state index contributed by atoms with van der Waals surface area (Å²) in [4.78, 5) is 28.5. The van der Waals surface area contributed by atoms with Crippen LogP contribution in [0.1, 0.15) is 23.9 Å². The minimum Gasteiger partial charge on any atom is -0.451 e. The average molecular weight is 566 g/mol. The monoisotopic (exact) mass is 564 g/mol. The van der Waals surface area contributed by atoms with E-state index in [-0.39, 0.29) is 16.8 Å². The van der Waals surface area contributed by atoms with Gasteiger partial charge in [0.1, 0.15) is 5.76 Å². The number of piperazine rings is 1. The molecule has 11 heteroatoms. The van der Waals surface area contributed by atoms with Crippen LogP contribution in [0.4, 0.5) is 11.4 Å². The highest BCUT2D eigenvalue weighted by atomic mass is 35.5. The molecule has 0 radical (unpaired) electrons. The molecule has 4 rings (SSSR count). The first-order valence-electron chi connectivity index (χ1n) is 11.3. The maximum Gasteiger partial charge on any atom is 0.293 e. The number of amides is 2. The number of benzene rings is 2. The minimum absolute atomic E-state index is 0.0688.